The van der Waals surface area contributed by atoms with Crippen molar-refractivity contribution in [1.82, 2.24) is 5.32 Å². The number of anilines is 1. The number of para-hydroxylation sites is 1. The zero-order valence-electron chi connectivity index (χ0n) is 14.7. The smallest absolute Gasteiger partial charge is 0.239 e. The fourth-order valence-corrected chi connectivity index (χ4v) is 2.15. The standard InChI is InChI=1S/C20H26N2O3/c1-2-3-13-21-20(23)16-22-17-9-11-19(12-10-17)25-15-14-24-18-7-5-4-6-8-18/h4-12,22H,2-3,13-16H2,1H3,(H,21,23). The van der Waals surface area contributed by atoms with Gasteiger partial charge >= 0.3 is 0 Å². The largest absolute Gasteiger partial charge is 0.490 e. The highest BCUT2D eigenvalue weighted by atomic mass is 16.5. The predicted octanol–water partition coefficient (Wildman–Crippen LogP) is 3.47. The minimum atomic E-state index is 0.00633. The van der Waals surface area contributed by atoms with Crippen LogP contribution in [0.4, 0.5) is 5.69 Å². The molecule has 0 aliphatic rings. The minimum absolute atomic E-state index is 0.00633. The Morgan fingerprint density at radius 3 is 2.20 bits per heavy atom. The Kier molecular flexibility index (Phi) is 8.18. The summed E-state index contributed by atoms with van der Waals surface area (Å²) in [5.41, 5.74) is 0.888. The Morgan fingerprint density at radius 2 is 1.56 bits per heavy atom. The summed E-state index contributed by atoms with van der Waals surface area (Å²) in [6, 6.07) is 17.2. The van der Waals surface area contributed by atoms with Gasteiger partial charge in [-0.2, -0.15) is 0 Å². The minimum Gasteiger partial charge on any atom is -0.490 e. The quantitative estimate of drug-likeness (QED) is 0.614. The van der Waals surface area contributed by atoms with Crippen LogP contribution < -0.4 is 20.1 Å². The van der Waals surface area contributed by atoms with Gasteiger partial charge in [0.1, 0.15) is 24.7 Å². The number of carbonyl (C=O) groups is 1. The van der Waals surface area contributed by atoms with Gasteiger partial charge in [-0.25, -0.2) is 0 Å². The molecule has 0 saturated carbocycles. The molecule has 2 aromatic rings. The first kappa shape index (κ1) is 18.6. The van der Waals surface area contributed by atoms with Gasteiger partial charge in [0.2, 0.25) is 5.91 Å². The van der Waals surface area contributed by atoms with E-state index in [1.807, 2.05) is 54.6 Å². The second-order valence-electron chi connectivity index (χ2n) is 5.59. The first-order valence-corrected chi connectivity index (χ1v) is 8.69. The van der Waals surface area contributed by atoms with Crippen molar-refractivity contribution in [3.63, 3.8) is 0 Å². The molecule has 134 valence electrons. The number of amides is 1. The molecule has 0 aliphatic heterocycles. The van der Waals surface area contributed by atoms with E-state index in [0.717, 1.165) is 36.6 Å². The van der Waals surface area contributed by atoms with E-state index in [9.17, 15) is 4.79 Å². The Hall–Kier alpha value is -2.69. The van der Waals surface area contributed by atoms with Gasteiger partial charge < -0.3 is 20.1 Å². The number of hydrogen-bond donors (Lipinski definition) is 2. The number of rotatable bonds is 11. The molecule has 2 aromatic carbocycles. The lowest BCUT2D eigenvalue weighted by molar-refractivity contribution is -0.119. The summed E-state index contributed by atoms with van der Waals surface area (Å²) < 4.78 is 11.2. The van der Waals surface area contributed by atoms with Gasteiger partial charge in [-0.15, -0.1) is 0 Å². The van der Waals surface area contributed by atoms with E-state index < -0.39 is 0 Å². The number of carbonyl (C=O) groups excluding carboxylic acids is 1. The van der Waals surface area contributed by atoms with Crippen molar-refractivity contribution in [2.75, 3.05) is 31.6 Å². The molecule has 0 spiro atoms. The zero-order valence-corrected chi connectivity index (χ0v) is 14.7. The maximum absolute atomic E-state index is 11.6. The van der Waals surface area contributed by atoms with Crippen molar-refractivity contribution >= 4 is 11.6 Å². The van der Waals surface area contributed by atoms with Crippen molar-refractivity contribution in [1.29, 1.82) is 0 Å². The third-order valence-electron chi connectivity index (χ3n) is 3.52. The van der Waals surface area contributed by atoms with E-state index in [4.69, 9.17) is 9.47 Å². The molecule has 0 heterocycles. The van der Waals surface area contributed by atoms with Gasteiger partial charge in [0, 0.05) is 12.2 Å². The fourth-order valence-electron chi connectivity index (χ4n) is 2.15. The van der Waals surface area contributed by atoms with Gasteiger partial charge in [0.15, 0.2) is 0 Å². The third kappa shape index (κ3) is 7.61. The molecule has 0 bridgehead atoms. The van der Waals surface area contributed by atoms with Crippen molar-refractivity contribution in [2.24, 2.45) is 0 Å². The average Bonchev–Trinajstić information content (AvgIpc) is 2.65. The summed E-state index contributed by atoms with van der Waals surface area (Å²) in [6.07, 6.45) is 2.08. The molecule has 0 saturated heterocycles. The number of ether oxygens (including phenoxy) is 2. The number of unbranched alkanes of at least 4 members (excludes halogenated alkanes) is 1. The molecule has 0 radical (unpaired) electrons. The third-order valence-corrected chi connectivity index (χ3v) is 3.52. The van der Waals surface area contributed by atoms with E-state index in [-0.39, 0.29) is 12.5 Å². The summed E-state index contributed by atoms with van der Waals surface area (Å²) in [6.45, 7) is 4.06. The maximum atomic E-state index is 11.6. The summed E-state index contributed by atoms with van der Waals surface area (Å²) in [5, 5.41) is 5.97. The van der Waals surface area contributed by atoms with Crippen LogP contribution in [0.5, 0.6) is 11.5 Å². The predicted molar refractivity (Wildman–Crippen MR) is 100 cm³/mol. The highest BCUT2D eigenvalue weighted by molar-refractivity contribution is 5.80. The molecule has 2 rings (SSSR count). The number of hydrogen-bond acceptors (Lipinski definition) is 4. The van der Waals surface area contributed by atoms with Crippen LogP contribution in [0, 0.1) is 0 Å². The summed E-state index contributed by atoms with van der Waals surface area (Å²) in [7, 11) is 0. The molecule has 1 amide bonds. The maximum Gasteiger partial charge on any atom is 0.239 e. The van der Waals surface area contributed by atoms with Crippen LogP contribution in [0.15, 0.2) is 54.6 Å². The molecule has 0 atom stereocenters. The van der Waals surface area contributed by atoms with Gasteiger partial charge in [-0.05, 0) is 42.8 Å². The Labute approximate surface area is 149 Å². The normalized spacial score (nSPS) is 10.1. The van der Waals surface area contributed by atoms with E-state index in [1.165, 1.54) is 0 Å². The van der Waals surface area contributed by atoms with Crippen LogP contribution in [0.25, 0.3) is 0 Å². The van der Waals surface area contributed by atoms with E-state index in [2.05, 4.69) is 17.6 Å². The molecule has 5 heteroatoms. The van der Waals surface area contributed by atoms with Gasteiger partial charge in [-0.1, -0.05) is 31.5 Å². The second-order valence-corrected chi connectivity index (χ2v) is 5.59. The molecule has 0 unspecified atom stereocenters. The lowest BCUT2D eigenvalue weighted by atomic mass is 10.3. The van der Waals surface area contributed by atoms with Gasteiger partial charge in [0.25, 0.3) is 0 Å². The van der Waals surface area contributed by atoms with Crippen LogP contribution in [-0.4, -0.2) is 32.2 Å². The van der Waals surface area contributed by atoms with Crippen LogP contribution in [0.1, 0.15) is 19.8 Å². The molecule has 5 nitrogen and oxygen atoms in total. The first-order valence-electron chi connectivity index (χ1n) is 8.69. The molecular weight excluding hydrogens is 316 g/mol. The summed E-state index contributed by atoms with van der Waals surface area (Å²) in [5.74, 6) is 1.62. The van der Waals surface area contributed by atoms with Crippen molar-refractivity contribution in [3.05, 3.63) is 54.6 Å². The number of nitrogens with one attached hydrogen (secondary N) is 2. The monoisotopic (exact) mass is 342 g/mol. The lowest BCUT2D eigenvalue weighted by Crippen LogP contribution is -2.30. The highest BCUT2D eigenvalue weighted by Crippen LogP contribution is 2.15. The lowest BCUT2D eigenvalue weighted by Gasteiger charge is -2.10. The zero-order chi connectivity index (χ0) is 17.7. The van der Waals surface area contributed by atoms with E-state index in [1.54, 1.807) is 0 Å². The fraction of sp³-hybridized carbons (Fsp3) is 0.350. The number of benzene rings is 2. The molecule has 0 aliphatic carbocycles. The van der Waals surface area contributed by atoms with Crippen LogP contribution in [0.3, 0.4) is 0 Å². The van der Waals surface area contributed by atoms with Crippen molar-refractivity contribution in [3.8, 4) is 11.5 Å². The molecule has 0 aromatic heterocycles. The second kappa shape index (κ2) is 11.0. The van der Waals surface area contributed by atoms with Crippen molar-refractivity contribution in [2.45, 2.75) is 19.8 Å². The van der Waals surface area contributed by atoms with Crippen LogP contribution >= 0.6 is 0 Å². The average molecular weight is 342 g/mol. The summed E-state index contributed by atoms with van der Waals surface area (Å²) in [4.78, 5) is 11.6. The summed E-state index contributed by atoms with van der Waals surface area (Å²) >= 11 is 0. The molecule has 0 fully saturated rings. The Balaban J connectivity index is 1.63. The van der Waals surface area contributed by atoms with Gasteiger partial charge in [0.05, 0.1) is 6.54 Å². The Bertz CT molecular complexity index is 615. The Morgan fingerprint density at radius 1 is 0.920 bits per heavy atom. The molecule has 2 N–H and O–H groups in total. The van der Waals surface area contributed by atoms with E-state index in [0.29, 0.717) is 13.2 Å². The SMILES string of the molecule is CCCCNC(=O)CNc1ccc(OCCOc2ccccc2)cc1. The first-order chi connectivity index (χ1) is 12.3. The molecular formula is C20H26N2O3. The van der Waals surface area contributed by atoms with Crippen molar-refractivity contribution < 1.29 is 14.3 Å². The van der Waals surface area contributed by atoms with Crippen LogP contribution in [-0.2, 0) is 4.79 Å². The topological polar surface area (TPSA) is 59.6 Å². The van der Waals surface area contributed by atoms with Gasteiger partial charge in [-0.3, -0.25) is 4.79 Å². The molecule has 25 heavy (non-hydrogen) atoms. The van der Waals surface area contributed by atoms with E-state index >= 15 is 0 Å². The van der Waals surface area contributed by atoms with Crippen LogP contribution in [0.2, 0.25) is 0 Å². The highest BCUT2D eigenvalue weighted by Gasteiger charge is 2.01.